The molecule has 0 aliphatic rings. The molecule has 0 saturated heterocycles. The predicted octanol–water partition coefficient (Wildman–Crippen LogP) is 3.13. The Bertz CT molecular complexity index is 597. The number of aromatic nitrogens is 1. The molecule has 0 saturated carbocycles. The lowest BCUT2D eigenvalue weighted by Crippen LogP contribution is -2.04. The molecule has 1 aromatic carbocycles. The van der Waals surface area contributed by atoms with Crippen LogP contribution >= 0.6 is 11.3 Å². The number of halogens is 1. The summed E-state index contributed by atoms with van der Waals surface area (Å²) in [6, 6.07) is 4.44. The van der Waals surface area contributed by atoms with Crippen molar-refractivity contribution >= 4 is 17.3 Å². The SMILES string of the molecule is CCOC(=O)c1csc(-c2ccc(F)c(OC)c2)n1. The van der Waals surface area contributed by atoms with Gasteiger partial charge in [0.05, 0.1) is 13.7 Å². The largest absolute Gasteiger partial charge is 0.494 e. The minimum Gasteiger partial charge on any atom is -0.494 e. The Kier molecular flexibility index (Phi) is 4.11. The second-order valence-electron chi connectivity index (χ2n) is 3.61. The summed E-state index contributed by atoms with van der Waals surface area (Å²) >= 11 is 1.29. The van der Waals surface area contributed by atoms with Gasteiger partial charge in [-0.05, 0) is 25.1 Å². The number of carbonyl (C=O) groups is 1. The molecule has 0 atom stereocenters. The Hall–Kier alpha value is -1.95. The molecular weight excluding hydrogens is 269 g/mol. The highest BCUT2D eigenvalue weighted by molar-refractivity contribution is 7.13. The summed E-state index contributed by atoms with van der Waals surface area (Å²) < 4.78 is 23.1. The van der Waals surface area contributed by atoms with Gasteiger partial charge in [0.25, 0.3) is 0 Å². The zero-order chi connectivity index (χ0) is 13.8. The number of nitrogens with zero attached hydrogens (tertiary/aromatic N) is 1. The number of rotatable bonds is 4. The molecular formula is C13H12FNO3S. The van der Waals surface area contributed by atoms with Crippen molar-refractivity contribution in [1.29, 1.82) is 0 Å². The van der Waals surface area contributed by atoms with Crippen molar-refractivity contribution in [2.45, 2.75) is 6.92 Å². The van der Waals surface area contributed by atoms with E-state index < -0.39 is 11.8 Å². The molecule has 2 rings (SSSR count). The van der Waals surface area contributed by atoms with Crippen LogP contribution in [0.4, 0.5) is 4.39 Å². The standard InChI is InChI=1S/C13H12FNO3S/c1-3-18-13(16)10-7-19-12(15-10)8-4-5-9(14)11(6-8)17-2/h4-7H,3H2,1-2H3. The van der Waals surface area contributed by atoms with Gasteiger partial charge >= 0.3 is 5.97 Å². The maximum absolute atomic E-state index is 13.3. The van der Waals surface area contributed by atoms with Crippen molar-refractivity contribution in [1.82, 2.24) is 4.98 Å². The number of carbonyl (C=O) groups excluding carboxylic acids is 1. The molecule has 0 unspecified atom stereocenters. The third-order valence-electron chi connectivity index (χ3n) is 2.39. The van der Waals surface area contributed by atoms with Crippen LogP contribution in [0.2, 0.25) is 0 Å². The number of hydrogen-bond acceptors (Lipinski definition) is 5. The van der Waals surface area contributed by atoms with E-state index >= 15 is 0 Å². The smallest absolute Gasteiger partial charge is 0.357 e. The third-order valence-corrected chi connectivity index (χ3v) is 3.28. The first-order valence-corrected chi connectivity index (χ1v) is 6.50. The highest BCUT2D eigenvalue weighted by Crippen LogP contribution is 2.28. The van der Waals surface area contributed by atoms with Crippen LogP contribution in [0.3, 0.4) is 0 Å². The molecule has 0 fully saturated rings. The van der Waals surface area contributed by atoms with Crippen molar-refractivity contribution in [2.75, 3.05) is 13.7 Å². The van der Waals surface area contributed by atoms with E-state index in [2.05, 4.69) is 4.98 Å². The molecule has 4 nitrogen and oxygen atoms in total. The Balaban J connectivity index is 2.30. The van der Waals surface area contributed by atoms with Crippen LogP contribution in [0.5, 0.6) is 5.75 Å². The molecule has 0 aliphatic carbocycles. The minimum atomic E-state index is -0.459. The van der Waals surface area contributed by atoms with Crippen LogP contribution in [-0.2, 0) is 4.74 Å². The fourth-order valence-electron chi connectivity index (χ4n) is 1.50. The Morgan fingerprint density at radius 2 is 2.26 bits per heavy atom. The zero-order valence-corrected chi connectivity index (χ0v) is 11.3. The van der Waals surface area contributed by atoms with Crippen molar-refractivity contribution < 1.29 is 18.7 Å². The van der Waals surface area contributed by atoms with Gasteiger partial charge in [-0.15, -0.1) is 11.3 Å². The molecule has 19 heavy (non-hydrogen) atoms. The third kappa shape index (κ3) is 2.90. The summed E-state index contributed by atoms with van der Waals surface area (Å²) in [5, 5.41) is 2.23. The van der Waals surface area contributed by atoms with Crippen molar-refractivity contribution in [2.24, 2.45) is 0 Å². The van der Waals surface area contributed by atoms with E-state index in [1.807, 2.05) is 0 Å². The van der Waals surface area contributed by atoms with Crippen molar-refractivity contribution in [3.8, 4) is 16.3 Å². The van der Waals surface area contributed by atoms with E-state index in [1.165, 1.54) is 24.5 Å². The molecule has 0 N–H and O–H groups in total. The first-order chi connectivity index (χ1) is 9.15. The van der Waals surface area contributed by atoms with E-state index in [0.29, 0.717) is 17.2 Å². The normalized spacial score (nSPS) is 10.3. The molecule has 0 amide bonds. The van der Waals surface area contributed by atoms with Gasteiger partial charge in [-0.1, -0.05) is 0 Å². The van der Waals surface area contributed by atoms with Crippen LogP contribution in [0.1, 0.15) is 17.4 Å². The van der Waals surface area contributed by atoms with Gasteiger partial charge in [0.2, 0.25) is 0 Å². The first kappa shape index (κ1) is 13.5. The Labute approximate surface area is 113 Å². The Morgan fingerprint density at radius 1 is 1.47 bits per heavy atom. The van der Waals surface area contributed by atoms with Crippen LogP contribution in [0, 0.1) is 5.82 Å². The number of ether oxygens (including phenoxy) is 2. The fraction of sp³-hybridized carbons (Fsp3) is 0.231. The number of thiazole rings is 1. The number of benzene rings is 1. The van der Waals surface area contributed by atoms with E-state index in [1.54, 1.807) is 24.4 Å². The second-order valence-corrected chi connectivity index (χ2v) is 4.47. The number of esters is 1. The van der Waals surface area contributed by atoms with E-state index in [0.717, 1.165) is 0 Å². The summed E-state index contributed by atoms with van der Waals surface area (Å²) in [5.74, 6) is -0.752. The second kappa shape index (κ2) is 5.79. The average molecular weight is 281 g/mol. The summed E-state index contributed by atoms with van der Waals surface area (Å²) in [6.45, 7) is 2.03. The molecule has 6 heteroatoms. The fourth-order valence-corrected chi connectivity index (χ4v) is 2.28. The van der Waals surface area contributed by atoms with E-state index in [4.69, 9.17) is 9.47 Å². The summed E-state index contributed by atoms with van der Waals surface area (Å²) in [4.78, 5) is 15.7. The number of methoxy groups -OCH3 is 1. The van der Waals surface area contributed by atoms with Gasteiger partial charge in [-0.2, -0.15) is 0 Å². The van der Waals surface area contributed by atoms with Crippen molar-refractivity contribution in [3.05, 3.63) is 35.1 Å². The minimum absolute atomic E-state index is 0.144. The quantitative estimate of drug-likeness (QED) is 0.808. The topological polar surface area (TPSA) is 48.4 Å². The van der Waals surface area contributed by atoms with Gasteiger partial charge in [0.15, 0.2) is 17.3 Å². The highest BCUT2D eigenvalue weighted by atomic mass is 32.1. The lowest BCUT2D eigenvalue weighted by atomic mass is 10.2. The van der Waals surface area contributed by atoms with Gasteiger partial charge in [-0.3, -0.25) is 0 Å². The lowest BCUT2D eigenvalue weighted by molar-refractivity contribution is 0.0520. The number of hydrogen-bond donors (Lipinski definition) is 0. The van der Waals surface area contributed by atoms with Crippen LogP contribution in [-0.4, -0.2) is 24.7 Å². The first-order valence-electron chi connectivity index (χ1n) is 5.62. The van der Waals surface area contributed by atoms with Gasteiger partial charge < -0.3 is 9.47 Å². The monoisotopic (exact) mass is 281 g/mol. The van der Waals surface area contributed by atoms with Crippen LogP contribution in [0.15, 0.2) is 23.6 Å². The van der Waals surface area contributed by atoms with Gasteiger partial charge in [0.1, 0.15) is 5.01 Å². The maximum Gasteiger partial charge on any atom is 0.357 e. The zero-order valence-electron chi connectivity index (χ0n) is 10.5. The highest BCUT2D eigenvalue weighted by Gasteiger charge is 2.13. The predicted molar refractivity (Wildman–Crippen MR) is 70.0 cm³/mol. The van der Waals surface area contributed by atoms with Gasteiger partial charge in [0, 0.05) is 10.9 Å². The molecule has 0 radical (unpaired) electrons. The summed E-state index contributed by atoms with van der Waals surface area (Å²) in [6.07, 6.45) is 0. The molecule has 0 bridgehead atoms. The molecule has 0 aliphatic heterocycles. The molecule has 0 spiro atoms. The molecule has 1 heterocycles. The molecule has 2 aromatic rings. The van der Waals surface area contributed by atoms with E-state index in [9.17, 15) is 9.18 Å². The van der Waals surface area contributed by atoms with Crippen LogP contribution in [0.25, 0.3) is 10.6 Å². The summed E-state index contributed by atoms with van der Waals surface area (Å²) in [7, 11) is 1.40. The average Bonchev–Trinajstić information content (AvgIpc) is 2.89. The summed E-state index contributed by atoms with van der Waals surface area (Å²) in [5.41, 5.74) is 0.948. The molecule has 1 aromatic heterocycles. The van der Waals surface area contributed by atoms with Crippen molar-refractivity contribution in [3.63, 3.8) is 0 Å². The maximum atomic E-state index is 13.3. The van der Waals surface area contributed by atoms with Crippen LogP contribution < -0.4 is 4.74 Å². The lowest BCUT2D eigenvalue weighted by Gasteiger charge is -2.03. The van der Waals surface area contributed by atoms with E-state index in [-0.39, 0.29) is 11.4 Å². The van der Waals surface area contributed by atoms with Gasteiger partial charge in [-0.25, -0.2) is 14.2 Å². The molecule has 100 valence electrons. The Morgan fingerprint density at radius 3 is 2.95 bits per heavy atom.